The molecule has 3 rings (SSSR count). The number of aromatic hydroxyl groups is 1. The zero-order chi connectivity index (χ0) is 12.9. The van der Waals surface area contributed by atoms with E-state index in [-0.39, 0.29) is 22.4 Å². The van der Waals surface area contributed by atoms with Crippen molar-refractivity contribution in [3.63, 3.8) is 0 Å². The summed E-state index contributed by atoms with van der Waals surface area (Å²) in [5.74, 6) is 1.86. The molecule has 0 saturated carbocycles. The highest BCUT2D eigenvalue weighted by Gasteiger charge is 2.44. The molecule has 19 heavy (non-hydrogen) atoms. The lowest BCUT2D eigenvalue weighted by atomic mass is 9.60. The number of phenols is 1. The van der Waals surface area contributed by atoms with Crippen molar-refractivity contribution in [2.24, 2.45) is 11.8 Å². The van der Waals surface area contributed by atoms with Gasteiger partial charge in [-0.05, 0) is 66.9 Å². The van der Waals surface area contributed by atoms with Gasteiger partial charge in [-0.1, -0.05) is 19.9 Å². The van der Waals surface area contributed by atoms with Crippen LogP contribution in [0.3, 0.4) is 0 Å². The van der Waals surface area contributed by atoms with Crippen molar-refractivity contribution in [3.05, 3.63) is 29.3 Å². The molecule has 1 heterocycles. The molecular weight excluding hydrogens is 302 g/mol. The summed E-state index contributed by atoms with van der Waals surface area (Å²) in [7, 11) is 2.24. The number of halogens is 1. The molecule has 2 bridgehead atoms. The predicted octanol–water partition coefficient (Wildman–Crippen LogP) is 3.37. The van der Waals surface area contributed by atoms with Gasteiger partial charge >= 0.3 is 0 Å². The lowest BCUT2D eigenvalue weighted by molar-refractivity contribution is 0.197. The van der Waals surface area contributed by atoms with Crippen LogP contribution < -0.4 is 0 Å². The molecule has 2 aliphatic rings. The standard InChI is InChI=1S/C16H23NO.BrH/c1-11-13-8-12-4-5-14(18)9-15(12)16(11,2)6-7-17(3)10-13;/h4-5,9,11,13,18H,6-8,10H2,1-3H3;1H/t11-,13?,16-;/m1./s1. The van der Waals surface area contributed by atoms with Crippen molar-refractivity contribution in [1.82, 2.24) is 4.90 Å². The number of hydrogen-bond donors (Lipinski definition) is 1. The minimum absolute atomic E-state index is 0. The van der Waals surface area contributed by atoms with E-state index in [2.05, 4.69) is 31.9 Å². The highest BCUT2D eigenvalue weighted by Crippen LogP contribution is 2.48. The summed E-state index contributed by atoms with van der Waals surface area (Å²) < 4.78 is 0. The first-order chi connectivity index (χ1) is 8.50. The van der Waals surface area contributed by atoms with E-state index in [9.17, 15) is 5.11 Å². The number of benzene rings is 1. The molecule has 0 aromatic heterocycles. The van der Waals surface area contributed by atoms with Gasteiger partial charge in [0.05, 0.1) is 0 Å². The fourth-order valence-corrected chi connectivity index (χ4v) is 4.00. The zero-order valence-corrected chi connectivity index (χ0v) is 13.7. The van der Waals surface area contributed by atoms with Crippen LogP contribution in [0.5, 0.6) is 5.75 Å². The third-order valence-corrected chi connectivity index (χ3v) is 5.46. The second-order valence-electron chi connectivity index (χ2n) is 6.52. The van der Waals surface area contributed by atoms with E-state index in [1.807, 2.05) is 12.1 Å². The highest BCUT2D eigenvalue weighted by atomic mass is 79.9. The normalized spacial score (nSPS) is 34.1. The first-order valence-electron chi connectivity index (χ1n) is 7.01. The van der Waals surface area contributed by atoms with Gasteiger partial charge < -0.3 is 10.0 Å². The van der Waals surface area contributed by atoms with Crippen LogP contribution in [-0.4, -0.2) is 30.1 Å². The van der Waals surface area contributed by atoms with Crippen LogP contribution in [0.4, 0.5) is 0 Å². The second-order valence-corrected chi connectivity index (χ2v) is 6.52. The largest absolute Gasteiger partial charge is 0.508 e. The Morgan fingerprint density at radius 3 is 2.84 bits per heavy atom. The summed E-state index contributed by atoms with van der Waals surface area (Å²) in [5.41, 5.74) is 3.07. The maximum absolute atomic E-state index is 9.80. The summed E-state index contributed by atoms with van der Waals surface area (Å²) in [4.78, 5) is 2.47. The molecule has 3 atom stereocenters. The molecule has 1 saturated heterocycles. The van der Waals surface area contributed by atoms with Crippen molar-refractivity contribution >= 4 is 17.0 Å². The van der Waals surface area contributed by atoms with Crippen LogP contribution in [0.15, 0.2) is 18.2 Å². The Kier molecular flexibility index (Phi) is 3.99. The van der Waals surface area contributed by atoms with Crippen molar-refractivity contribution < 1.29 is 5.11 Å². The van der Waals surface area contributed by atoms with Gasteiger partial charge in [0.2, 0.25) is 0 Å². The molecule has 1 fully saturated rings. The van der Waals surface area contributed by atoms with Gasteiger partial charge in [0.15, 0.2) is 0 Å². The number of hydrogen-bond acceptors (Lipinski definition) is 2. The van der Waals surface area contributed by atoms with E-state index in [1.54, 1.807) is 0 Å². The number of phenolic OH excluding ortho intramolecular Hbond substituents is 1. The Morgan fingerprint density at radius 1 is 1.37 bits per heavy atom. The van der Waals surface area contributed by atoms with Gasteiger partial charge in [0.25, 0.3) is 0 Å². The first kappa shape index (κ1) is 14.9. The second kappa shape index (κ2) is 5.10. The van der Waals surface area contributed by atoms with Crippen LogP contribution in [0.25, 0.3) is 0 Å². The summed E-state index contributed by atoms with van der Waals surface area (Å²) in [5, 5.41) is 9.80. The van der Waals surface area contributed by atoms with E-state index >= 15 is 0 Å². The molecule has 1 aliphatic heterocycles. The lowest BCUT2D eigenvalue weighted by Gasteiger charge is -2.44. The van der Waals surface area contributed by atoms with E-state index in [1.165, 1.54) is 24.1 Å². The SMILES string of the molecule is Br.C[C@@H]1C2Cc3ccc(O)cc3[C@]1(C)CCN(C)C2. The molecule has 106 valence electrons. The predicted molar refractivity (Wildman–Crippen MR) is 84.3 cm³/mol. The number of nitrogens with zero attached hydrogens (tertiary/aromatic N) is 1. The first-order valence-corrected chi connectivity index (χ1v) is 7.01. The molecular formula is C16H24BrNO. The molecule has 1 aliphatic carbocycles. The third-order valence-electron chi connectivity index (χ3n) is 5.46. The molecule has 0 spiro atoms. The Balaban J connectivity index is 0.00000133. The summed E-state index contributed by atoms with van der Waals surface area (Å²) in [6.45, 7) is 7.15. The number of fused-ring (bicyclic) bond motifs is 4. The Labute approximate surface area is 126 Å². The summed E-state index contributed by atoms with van der Waals surface area (Å²) in [6, 6.07) is 5.98. The van der Waals surface area contributed by atoms with Gasteiger partial charge in [-0.15, -0.1) is 17.0 Å². The maximum Gasteiger partial charge on any atom is 0.115 e. The van der Waals surface area contributed by atoms with Crippen molar-refractivity contribution in [3.8, 4) is 5.75 Å². The Hall–Kier alpha value is -0.540. The van der Waals surface area contributed by atoms with Crippen LogP contribution in [0, 0.1) is 11.8 Å². The molecule has 2 nitrogen and oxygen atoms in total. The highest BCUT2D eigenvalue weighted by molar-refractivity contribution is 8.93. The number of likely N-dealkylation sites (tertiary alicyclic amines) is 1. The maximum atomic E-state index is 9.80. The average molecular weight is 326 g/mol. The third kappa shape index (κ3) is 2.31. The van der Waals surface area contributed by atoms with Crippen LogP contribution in [0.2, 0.25) is 0 Å². The van der Waals surface area contributed by atoms with Crippen molar-refractivity contribution in [2.75, 3.05) is 20.1 Å². The van der Waals surface area contributed by atoms with Crippen molar-refractivity contribution in [2.45, 2.75) is 32.1 Å². The molecule has 1 unspecified atom stereocenters. The Bertz CT molecular complexity index is 476. The molecule has 1 aromatic carbocycles. The van der Waals surface area contributed by atoms with Crippen molar-refractivity contribution in [1.29, 1.82) is 0 Å². The van der Waals surface area contributed by atoms with Crippen LogP contribution in [-0.2, 0) is 11.8 Å². The van der Waals surface area contributed by atoms with E-state index in [4.69, 9.17) is 0 Å². The number of rotatable bonds is 0. The minimum atomic E-state index is 0. The smallest absolute Gasteiger partial charge is 0.115 e. The van der Waals surface area contributed by atoms with Gasteiger partial charge in [0, 0.05) is 6.54 Å². The van der Waals surface area contributed by atoms with Gasteiger partial charge in [0.1, 0.15) is 5.75 Å². The monoisotopic (exact) mass is 325 g/mol. The molecule has 3 heteroatoms. The van der Waals surface area contributed by atoms with Crippen LogP contribution in [0.1, 0.15) is 31.4 Å². The minimum Gasteiger partial charge on any atom is -0.508 e. The molecule has 1 aromatic rings. The fraction of sp³-hybridized carbons (Fsp3) is 0.625. The Morgan fingerprint density at radius 2 is 2.11 bits per heavy atom. The van der Waals surface area contributed by atoms with Gasteiger partial charge in [-0.3, -0.25) is 0 Å². The topological polar surface area (TPSA) is 23.5 Å². The molecule has 0 amide bonds. The molecule has 1 N–H and O–H groups in total. The quantitative estimate of drug-likeness (QED) is 0.790. The van der Waals surface area contributed by atoms with Crippen LogP contribution >= 0.6 is 17.0 Å². The lowest BCUT2D eigenvalue weighted by Crippen LogP contribution is -2.41. The molecule has 0 radical (unpaired) electrons. The summed E-state index contributed by atoms with van der Waals surface area (Å²) >= 11 is 0. The fourth-order valence-electron chi connectivity index (χ4n) is 4.00. The zero-order valence-electron chi connectivity index (χ0n) is 12.0. The van der Waals surface area contributed by atoms with Gasteiger partial charge in [-0.25, -0.2) is 0 Å². The summed E-state index contributed by atoms with van der Waals surface area (Å²) in [6.07, 6.45) is 2.36. The van der Waals surface area contributed by atoms with Gasteiger partial charge in [-0.2, -0.15) is 0 Å². The van der Waals surface area contributed by atoms with E-state index < -0.39 is 0 Å². The van der Waals surface area contributed by atoms with E-state index in [0.717, 1.165) is 18.9 Å². The van der Waals surface area contributed by atoms with E-state index in [0.29, 0.717) is 11.7 Å². The average Bonchev–Trinajstić information content (AvgIpc) is 2.41.